The minimum absolute atomic E-state index is 0.377. The molecule has 0 aliphatic carbocycles. The van der Waals surface area contributed by atoms with Crippen molar-refractivity contribution >= 4 is 10.9 Å². The normalized spacial score (nSPS) is 18.6. The lowest BCUT2D eigenvalue weighted by atomic mass is 9.96. The van der Waals surface area contributed by atoms with Crippen LogP contribution in [0.3, 0.4) is 0 Å². The van der Waals surface area contributed by atoms with E-state index in [9.17, 15) is 0 Å². The van der Waals surface area contributed by atoms with Crippen molar-refractivity contribution in [1.82, 2.24) is 15.8 Å². The van der Waals surface area contributed by atoms with Gasteiger partial charge in [-0.25, -0.2) is 0 Å². The summed E-state index contributed by atoms with van der Waals surface area (Å²) in [5, 5.41) is 4.94. The maximum Gasteiger partial charge on any atom is 0.0690 e. The molecule has 0 saturated carbocycles. The molecule has 7 N–H and O–H groups in total. The highest BCUT2D eigenvalue weighted by Gasteiger charge is 2.23. The zero-order chi connectivity index (χ0) is 13.9. The predicted molar refractivity (Wildman–Crippen MR) is 79.4 cm³/mol. The molecule has 2 aromatic rings. The SMILES string of the molecule is N[O+](N)NCCC[C@@H]1NCCc2c1[nH]c1ccccc21. The van der Waals surface area contributed by atoms with Crippen molar-refractivity contribution in [2.24, 2.45) is 11.8 Å². The Morgan fingerprint density at radius 2 is 2.15 bits per heavy atom. The number of benzene rings is 1. The average molecular weight is 276 g/mol. The molecule has 1 aromatic carbocycles. The van der Waals surface area contributed by atoms with Crippen LogP contribution < -0.4 is 22.6 Å². The van der Waals surface area contributed by atoms with Crippen LogP contribution in [0.25, 0.3) is 10.9 Å². The molecule has 6 nitrogen and oxygen atoms in total. The van der Waals surface area contributed by atoms with Crippen LogP contribution in [0.5, 0.6) is 0 Å². The van der Waals surface area contributed by atoms with Crippen molar-refractivity contribution < 1.29 is 4.67 Å². The molecule has 0 spiro atoms. The molecule has 108 valence electrons. The highest BCUT2D eigenvalue weighted by Crippen LogP contribution is 2.31. The van der Waals surface area contributed by atoms with E-state index in [1.807, 2.05) is 0 Å². The summed E-state index contributed by atoms with van der Waals surface area (Å²) in [7, 11) is 0. The zero-order valence-electron chi connectivity index (χ0n) is 11.5. The minimum Gasteiger partial charge on any atom is -0.357 e. The number of hydroxylamine groups is 1. The Hall–Kier alpha value is -1.44. The first kappa shape index (κ1) is 13.5. The van der Waals surface area contributed by atoms with Gasteiger partial charge in [-0.2, -0.15) is 0 Å². The Kier molecular flexibility index (Phi) is 4.00. The third-order valence-corrected chi connectivity index (χ3v) is 3.90. The fourth-order valence-corrected chi connectivity index (χ4v) is 3.00. The molecule has 0 bridgehead atoms. The third-order valence-electron chi connectivity index (χ3n) is 3.90. The standard InChI is InChI=1S/C14H22N5O/c15-20(16)18-8-3-6-13-14-11(7-9-17-13)10-4-1-2-5-12(10)19-14/h1-2,4-5,13,17-19H,3,6-9,15-16H2/q+1/t13-/m0/s1. The minimum atomic E-state index is 0.377. The highest BCUT2D eigenvalue weighted by atomic mass is 17.0. The Morgan fingerprint density at radius 1 is 1.30 bits per heavy atom. The van der Waals surface area contributed by atoms with Gasteiger partial charge in [0.05, 0.1) is 6.54 Å². The van der Waals surface area contributed by atoms with Crippen LogP contribution in [0, 0.1) is 0 Å². The summed E-state index contributed by atoms with van der Waals surface area (Å²) in [6.45, 7) is 1.77. The molecule has 0 amide bonds. The highest BCUT2D eigenvalue weighted by molar-refractivity contribution is 5.85. The van der Waals surface area contributed by atoms with Gasteiger partial charge >= 0.3 is 0 Å². The van der Waals surface area contributed by atoms with E-state index in [2.05, 4.69) is 40.0 Å². The summed E-state index contributed by atoms with van der Waals surface area (Å²) >= 11 is 0. The van der Waals surface area contributed by atoms with Crippen LogP contribution >= 0.6 is 0 Å². The van der Waals surface area contributed by atoms with Crippen LogP contribution in [0.15, 0.2) is 24.3 Å². The van der Waals surface area contributed by atoms with Crippen molar-refractivity contribution in [3.8, 4) is 0 Å². The summed E-state index contributed by atoms with van der Waals surface area (Å²) in [6.07, 6.45) is 3.12. The number of nitrogens with one attached hydrogen (secondary N) is 3. The Labute approximate surface area is 118 Å². The van der Waals surface area contributed by atoms with Gasteiger partial charge in [-0.15, -0.1) is 4.67 Å². The van der Waals surface area contributed by atoms with Crippen molar-refractivity contribution in [3.05, 3.63) is 35.5 Å². The first-order valence-electron chi connectivity index (χ1n) is 7.05. The molecule has 0 unspecified atom stereocenters. The number of para-hydroxylation sites is 1. The zero-order valence-corrected chi connectivity index (χ0v) is 11.5. The largest absolute Gasteiger partial charge is 0.357 e. The number of aromatic amines is 1. The molecular formula is C14H22N5O+. The van der Waals surface area contributed by atoms with Crippen molar-refractivity contribution in [2.75, 3.05) is 13.1 Å². The average Bonchev–Trinajstić information content (AvgIpc) is 2.83. The lowest BCUT2D eigenvalue weighted by Crippen LogP contribution is -2.41. The molecule has 0 fully saturated rings. The molecule has 20 heavy (non-hydrogen) atoms. The fraction of sp³-hybridized carbons (Fsp3) is 0.429. The summed E-state index contributed by atoms with van der Waals surface area (Å²) < 4.78 is 1.73. The molecule has 1 aliphatic rings. The smallest absolute Gasteiger partial charge is 0.0690 e. The fourth-order valence-electron chi connectivity index (χ4n) is 3.00. The van der Waals surface area contributed by atoms with Crippen LogP contribution in [0.4, 0.5) is 0 Å². The van der Waals surface area contributed by atoms with E-state index >= 15 is 0 Å². The summed E-state index contributed by atoms with van der Waals surface area (Å²) in [4.78, 5) is 3.57. The molecule has 6 heteroatoms. The van der Waals surface area contributed by atoms with E-state index in [0.717, 1.165) is 32.4 Å². The number of aromatic nitrogens is 1. The number of hydrogen-bond acceptors (Lipinski definition) is 4. The topological polar surface area (TPSA) is 94.6 Å². The Bertz CT molecular complexity index is 580. The third kappa shape index (κ3) is 2.70. The number of hydrogen-bond donors (Lipinski definition) is 5. The first-order valence-corrected chi connectivity index (χ1v) is 7.05. The van der Waals surface area contributed by atoms with E-state index in [0.29, 0.717) is 6.04 Å². The predicted octanol–water partition coefficient (Wildman–Crippen LogP) is 0.939. The monoisotopic (exact) mass is 276 g/mol. The maximum absolute atomic E-state index is 5.23. The molecule has 0 saturated heterocycles. The van der Waals surface area contributed by atoms with Gasteiger partial charge in [0.1, 0.15) is 0 Å². The quantitative estimate of drug-likeness (QED) is 0.319. The van der Waals surface area contributed by atoms with Crippen molar-refractivity contribution in [1.29, 1.82) is 0 Å². The van der Waals surface area contributed by atoms with Gasteiger partial charge in [0.15, 0.2) is 0 Å². The van der Waals surface area contributed by atoms with E-state index in [1.54, 1.807) is 4.67 Å². The molecule has 1 aliphatic heterocycles. The van der Waals surface area contributed by atoms with Gasteiger partial charge in [-0.1, -0.05) is 30.0 Å². The Balaban J connectivity index is 1.73. The number of fused-ring (bicyclic) bond motifs is 3. The molecular weight excluding hydrogens is 254 g/mol. The van der Waals surface area contributed by atoms with Crippen LogP contribution in [-0.2, 0) is 11.1 Å². The van der Waals surface area contributed by atoms with E-state index in [-0.39, 0.29) is 0 Å². The number of nitrogens with two attached hydrogens (primary N) is 2. The lowest BCUT2D eigenvalue weighted by molar-refractivity contribution is -0.220. The Morgan fingerprint density at radius 3 is 3.00 bits per heavy atom. The van der Waals surface area contributed by atoms with E-state index in [1.165, 1.54) is 22.2 Å². The van der Waals surface area contributed by atoms with Crippen molar-refractivity contribution in [2.45, 2.75) is 25.3 Å². The van der Waals surface area contributed by atoms with Crippen molar-refractivity contribution in [3.63, 3.8) is 0 Å². The molecule has 1 aromatic heterocycles. The summed E-state index contributed by atoms with van der Waals surface area (Å²) in [5.74, 6) is 10.5. The van der Waals surface area contributed by atoms with Gasteiger partial charge in [0.25, 0.3) is 0 Å². The van der Waals surface area contributed by atoms with Crippen LogP contribution in [-0.4, -0.2) is 18.1 Å². The van der Waals surface area contributed by atoms with Gasteiger partial charge in [0, 0.05) is 22.6 Å². The second kappa shape index (κ2) is 5.90. The number of H-pyrrole nitrogens is 1. The first-order chi connectivity index (χ1) is 9.75. The molecule has 0 radical (unpaired) electrons. The molecule has 3 rings (SSSR count). The summed E-state index contributed by atoms with van der Waals surface area (Å²) in [5.41, 5.74) is 6.83. The lowest BCUT2D eigenvalue weighted by Gasteiger charge is -2.24. The molecule has 2 heterocycles. The van der Waals surface area contributed by atoms with Crippen LogP contribution in [0.1, 0.15) is 30.1 Å². The van der Waals surface area contributed by atoms with E-state index < -0.39 is 0 Å². The summed E-state index contributed by atoms with van der Waals surface area (Å²) in [6, 6.07) is 8.90. The van der Waals surface area contributed by atoms with Crippen LogP contribution in [0.2, 0.25) is 0 Å². The van der Waals surface area contributed by atoms with Gasteiger partial charge in [-0.05, 0) is 42.9 Å². The van der Waals surface area contributed by atoms with Gasteiger partial charge < -0.3 is 10.3 Å². The second-order valence-corrected chi connectivity index (χ2v) is 5.23. The maximum atomic E-state index is 5.23. The number of rotatable bonds is 5. The van der Waals surface area contributed by atoms with Gasteiger partial charge in [0.2, 0.25) is 0 Å². The molecule has 1 atom stereocenters. The van der Waals surface area contributed by atoms with E-state index in [4.69, 9.17) is 11.8 Å². The second-order valence-electron chi connectivity index (χ2n) is 5.23. The van der Waals surface area contributed by atoms with Gasteiger partial charge in [-0.3, -0.25) is 0 Å².